The number of allylic oxidation sites excluding steroid dienone is 8. The van der Waals surface area contributed by atoms with Crippen LogP contribution >= 0.6 is 0 Å². The summed E-state index contributed by atoms with van der Waals surface area (Å²) in [6.07, 6.45) is 33.3. The Labute approximate surface area is 144 Å². The minimum atomic E-state index is 1.17. The largest absolute Gasteiger partial charge is 0.286 e. The maximum absolute atomic E-state index is 9.91. The molecular weight excluding hydrogens is 280 g/mol. The molecule has 0 N–H and O–H groups in total. The molecule has 0 aromatic heterocycles. The number of carbonyl (C=O) groups excluding carboxylic acids is 1. The van der Waals surface area contributed by atoms with E-state index in [1.54, 1.807) is 12.4 Å². The molecule has 0 amide bonds. The van der Waals surface area contributed by atoms with E-state index < -0.39 is 0 Å². The average Bonchev–Trinajstić information content (AvgIpc) is 2.57. The lowest BCUT2D eigenvalue weighted by Crippen LogP contribution is -1.81. The Morgan fingerprint density at radius 3 is 1.65 bits per heavy atom. The van der Waals surface area contributed by atoms with Crippen LogP contribution < -0.4 is 0 Å². The highest BCUT2D eigenvalue weighted by Gasteiger charge is 1.92. The van der Waals surface area contributed by atoms with Crippen molar-refractivity contribution in [2.24, 2.45) is 0 Å². The first kappa shape index (κ1) is 21.6. The summed E-state index contributed by atoms with van der Waals surface area (Å²) in [4.78, 5) is 9.91. The molecule has 1 radical (unpaired) electrons. The fourth-order valence-electron chi connectivity index (χ4n) is 2.45. The van der Waals surface area contributed by atoms with Crippen LogP contribution in [0.3, 0.4) is 0 Å². The first-order valence-electron chi connectivity index (χ1n) is 9.44. The highest BCUT2D eigenvalue weighted by molar-refractivity contribution is 5.66. The van der Waals surface area contributed by atoms with Crippen LogP contribution in [-0.2, 0) is 4.79 Å². The van der Waals surface area contributed by atoms with Gasteiger partial charge in [0.1, 0.15) is 0 Å². The molecule has 0 aliphatic heterocycles. The molecule has 0 aromatic rings. The van der Waals surface area contributed by atoms with E-state index in [9.17, 15) is 4.79 Å². The number of hydrogen-bond donors (Lipinski definition) is 0. The van der Waals surface area contributed by atoms with Gasteiger partial charge in [-0.3, -0.25) is 4.79 Å². The lowest BCUT2D eigenvalue weighted by molar-refractivity contribution is 0.550. The average molecular weight is 316 g/mol. The van der Waals surface area contributed by atoms with Crippen LogP contribution in [0.2, 0.25) is 0 Å². The molecule has 0 saturated carbocycles. The van der Waals surface area contributed by atoms with Crippen LogP contribution in [0.1, 0.15) is 84.0 Å². The molecule has 0 aliphatic carbocycles. The topological polar surface area (TPSA) is 17.1 Å². The van der Waals surface area contributed by atoms with Crippen molar-refractivity contribution in [3.8, 4) is 0 Å². The molecule has 0 saturated heterocycles. The Bertz CT molecular complexity index is 347. The quantitative estimate of drug-likeness (QED) is 0.170. The number of rotatable bonds is 16. The van der Waals surface area contributed by atoms with Gasteiger partial charge in [0.25, 0.3) is 0 Å². The molecule has 23 heavy (non-hydrogen) atoms. The standard InChI is InChI=1S/C22H35O/c1-2-3-4-5-6-7-8-9-10-11-12-13-14-15-16-17-18-19-20-21-22-23/h14-21H,2-13H2,1H3. The van der Waals surface area contributed by atoms with Gasteiger partial charge < -0.3 is 0 Å². The normalized spacial score (nSPS) is 12.4. The molecule has 0 aromatic carbocycles. The summed E-state index contributed by atoms with van der Waals surface area (Å²) in [5.74, 6) is 0. The van der Waals surface area contributed by atoms with Crippen molar-refractivity contribution in [1.82, 2.24) is 0 Å². The first-order valence-corrected chi connectivity index (χ1v) is 9.44. The van der Waals surface area contributed by atoms with E-state index in [4.69, 9.17) is 0 Å². The van der Waals surface area contributed by atoms with Crippen molar-refractivity contribution in [1.29, 1.82) is 0 Å². The van der Waals surface area contributed by atoms with Gasteiger partial charge in [-0.1, -0.05) is 114 Å². The maximum atomic E-state index is 9.91. The summed E-state index contributed by atoms with van der Waals surface area (Å²) in [6.45, 7) is 2.27. The Balaban J connectivity index is 3.24. The third-order valence-corrected chi connectivity index (χ3v) is 3.83. The van der Waals surface area contributed by atoms with E-state index in [1.165, 1.54) is 83.1 Å². The van der Waals surface area contributed by atoms with Crippen LogP contribution in [0.25, 0.3) is 0 Å². The van der Waals surface area contributed by atoms with Gasteiger partial charge in [-0.25, -0.2) is 0 Å². The zero-order valence-corrected chi connectivity index (χ0v) is 15.0. The SMILES string of the molecule is CCCCCCCCCCCCCC=CC=CC=CC=C[C]=O. The summed E-state index contributed by atoms with van der Waals surface area (Å²) in [5, 5.41) is 0. The zero-order valence-electron chi connectivity index (χ0n) is 15.0. The predicted molar refractivity (Wildman–Crippen MR) is 103 cm³/mol. The summed E-state index contributed by atoms with van der Waals surface area (Å²) >= 11 is 0. The Morgan fingerprint density at radius 2 is 1.09 bits per heavy atom. The Hall–Kier alpha value is -1.37. The second-order valence-corrected chi connectivity index (χ2v) is 6.00. The molecule has 0 atom stereocenters. The molecule has 0 bridgehead atoms. The highest BCUT2D eigenvalue weighted by Crippen LogP contribution is 2.11. The van der Waals surface area contributed by atoms with Crippen LogP contribution in [0.15, 0.2) is 48.6 Å². The van der Waals surface area contributed by atoms with Gasteiger partial charge in [0.15, 0.2) is 0 Å². The van der Waals surface area contributed by atoms with Crippen molar-refractivity contribution in [2.75, 3.05) is 0 Å². The Kier molecular flexibility index (Phi) is 19.4. The minimum Gasteiger partial charge on any atom is -0.286 e. The second kappa shape index (κ2) is 20.6. The van der Waals surface area contributed by atoms with Gasteiger partial charge in [0, 0.05) is 0 Å². The highest BCUT2D eigenvalue weighted by atomic mass is 16.1. The van der Waals surface area contributed by atoms with Crippen molar-refractivity contribution in [2.45, 2.75) is 84.0 Å². The van der Waals surface area contributed by atoms with E-state index in [-0.39, 0.29) is 0 Å². The lowest BCUT2D eigenvalue weighted by Gasteiger charge is -2.01. The van der Waals surface area contributed by atoms with E-state index in [2.05, 4.69) is 19.1 Å². The minimum absolute atomic E-state index is 1.17. The van der Waals surface area contributed by atoms with Gasteiger partial charge in [0.2, 0.25) is 6.29 Å². The smallest absolute Gasteiger partial charge is 0.225 e. The van der Waals surface area contributed by atoms with Crippen molar-refractivity contribution < 1.29 is 4.79 Å². The third-order valence-electron chi connectivity index (χ3n) is 3.83. The fourth-order valence-corrected chi connectivity index (χ4v) is 2.45. The van der Waals surface area contributed by atoms with Gasteiger partial charge in [-0.15, -0.1) is 0 Å². The van der Waals surface area contributed by atoms with Gasteiger partial charge in [-0.2, -0.15) is 0 Å². The monoisotopic (exact) mass is 315 g/mol. The van der Waals surface area contributed by atoms with Crippen molar-refractivity contribution in [3.05, 3.63) is 48.6 Å². The Morgan fingerprint density at radius 1 is 0.609 bits per heavy atom. The van der Waals surface area contributed by atoms with E-state index >= 15 is 0 Å². The molecule has 1 heteroatoms. The molecule has 0 rings (SSSR count). The second-order valence-electron chi connectivity index (χ2n) is 6.00. The molecule has 1 nitrogen and oxygen atoms in total. The molecule has 0 heterocycles. The summed E-state index contributed by atoms with van der Waals surface area (Å²) in [5.41, 5.74) is 0. The van der Waals surface area contributed by atoms with E-state index in [0.29, 0.717) is 0 Å². The van der Waals surface area contributed by atoms with Gasteiger partial charge in [-0.05, 0) is 18.9 Å². The zero-order chi connectivity index (χ0) is 16.8. The number of hydrogen-bond acceptors (Lipinski definition) is 1. The van der Waals surface area contributed by atoms with Crippen molar-refractivity contribution in [3.63, 3.8) is 0 Å². The summed E-state index contributed by atoms with van der Waals surface area (Å²) in [7, 11) is 0. The molecular formula is C22H35O. The third kappa shape index (κ3) is 20.6. The van der Waals surface area contributed by atoms with Crippen LogP contribution in [0, 0.1) is 0 Å². The van der Waals surface area contributed by atoms with E-state index in [1.807, 2.05) is 24.3 Å². The van der Waals surface area contributed by atoms with Gasteiger partial charge in [0.05, 0.1) is 0 Å². The molecule has 0 aliphatic rings. The predicted octanol–water partition coefficient (Wildman–Crippen LogP) is 7.02. The van der Waals surface area contributed by atoms with E-state index in [0.717, 1.165) is 0 Å². The molecule has 0 spiro atoms. The lowest BCUT2D eigenvalue weighted by atomic mass is 10.1. The fraction of sp³-hybridized carbons (Fsp3) is 0.591. The van der Waals surface area contributed by atoms with Gasteiger partial charge >= 0.3 is 0 Å². The number of unbranched alkanes of at least 4 members (excludes halogenated alkanes) is 11. The van der Waals surface area contributed by atoms with Crippen LogP contribution in [-0.4, -0.2) is 6.29 Å². The van der Waals surface area contributed by atoms with Crippen molar-refractivity contribution >= 4 is 6.29 Å². The summed E-state index contributed by atoms with van der Waals surface area (Å²) in [6, 6.07) is 0. The molecule has 0 unspecified atom stereocenters. The molecule has 129 valence electrons. The first-order chi connectivity index (χ1) is 11.4. The van der Waals surface area contributed by atoms with Crippen LogP contribution in [0.4, 0.5) is 0 Å². The summed E-state index contributed by atoms with van der Waals surface area (Å²) < 4.78 is 0. The maximum Gasteiger partial charge on any atom is 0.225 e. The molecule has 0 fully saturated rings. The van der Waals surface area contributed by atoms with Crippen LogP contribution in [0.5, 0.6) is 0 Å².